The Morgan fingerprint density at radius 2 is 2.09 bits per heavy atom. The molecule has 1 aliphatic heterocycles. The molecule has 3 aromatic rings. The molecule has 1 aliphatic carbocycles. The predicted molar refractivity (Wildman–Crippen MR) is 130 cm³/mol. The van der Waals surface area contributed by atoms with E-state index < -0.39 is 0 Å². The first-order valence-electron chi connectivity index (χ1n) is 11.3. The number of aryl methyl sites for hydroxylation is 3. The van der Waals surface area contributed by atoms with E-state index in [0.717, 1.165) is 22.3 Å². The van der Waals surface area contributed by atoms with Crippen molar-refractivity contribution in [3.8, 4) is 0 Å². The lowest BCUT2D eigenvalue weighted by Gasteiger charge is -2.27. The number of aromatic nitrogens is 3. The van der Waals surface area contributed by atoms with Gasteiger partial charge in [-0.1, -0.05) is 0 Å². The highest BCUT2D eigenvalue weighted by atomic mass is 32.1. The van der Waals surface area contributed by atoms with Crippen LogP contribution in [0.4, 0.5) is 15.9 Å². The standard InChI is InChI=1S/C23H28FN7O2S/c1-10-18-19(26)20(34-23(18)28-11(2)27-10)22(32)29-13-4-5-16-12(6-13)7-14(24)21(30-16)31-8-15(25)17(9-31)33-3/h7,13,15,17H,4-6,8-9,25-26H2,1-3H3,(H,29,32). The summed E-state index contributed by atoms with van der Waals surface area (Å²) in [6.45, 7) is 4.69. The van der Waals surface area contributed by atoms with E-state index in [0.29, 0.717) is 59.4 Å². The molecular weight excluding hydrogens is 457 g/mol. The van der Waals surface area contributed by atoms with Crippen LogP contribution in [0.25, 0.3) is 10.2 Å². The topological polar surface area (TPSA) is 132 Å². The normalized spacial score (nSPS) is 22.3. The highest BCUT2D eigenvalue weighted by molar-refractivity contribution is 7.21. The second-order valence-electron chi connectivity index (χ2n) is 9.04. The summed E-state index contributed by atoms with van der Waals surface area (Å²) < 4.78 is 20.4. The molecule has 0 aromatic carbocycles. The fourth-order valence-electron chi connectivity index (χ4n) is 4.94. The summed E-state index contributed by atoms with van der Waals surface area (Å²) in [5.74, 6) is 0.339. The highest BCUT2D eigenvalue weighted by Crippen LogP contribution is 2.34. The largest absolute Gasteiger partial charge is 0.397 e. The van der Waals surface area contributed by atoms with Crippen molar-refractivity contribution in [1.29, 1.82) is 0 Å². The quantitative estimate of drug-likeness (QED) is 0.510. The van der Waals surface area contributed by atoms with Gasteiger partial charge in [-0.05, 0) is 44.7 Å². The van der Waals surface area contributed by atoms with E-state index in [1.165, 1.54) is 17.4 Å². The molecule has 4 heterocycles. The van der Waals surface area contributed by atoms with E-state index in [1.54, 1.807) is 7.11 Å². The van der Waals surface area contributed by atoms with Crippen LogP contribution in [0, 0.1) is 19.7 Å². The fourth-order valence-corrected chi connectivity index (χ4v) is 6.04. The summed E-state index contributed by atoms with van der Waals surface area (Å²) in [4.78, 5) is 29.4. The first-order valence-corrected chi connectivity index (χ1v) is 12.1. The smallest absolute Gasteiger partial charge is 0.263 e. The van der Waals surface area contributed by atoms with Gasteiger partial charge in [-0.2, -0.15) is 0 Å². The van der Waals surface area contributed by atoms with Crippen LogP contribution < -0.4 is 21.7 Å². The summed E-state index contributed by atoms with van der Waals surface area (Å²) in [5.41, 5.74) is 15.2. The maximum absolute atomic E-state index is 15.0. The predicted octanol–water partition coefficient (Wildman–Crippen LogP) is 1.87. The van der Waals surface area contributed by atoms with E-state index >= 15 is 0 Å². The van der Waals surface area contributed by atoms with Crippen LogP contribution in [0.5, 0.6) is 0 Å². The average molecular weight is 486 g/mol. The number of thiophene rings is 1. The Labute approximate surface area is 200 Å². The number of nitrogens with zero attached hydrogens (tertiary/aromatic N) is 4. The van der Waals surface area contributed by atoms with Gasteiger partial charge in [0.1, 0.15) is 15.5 Å². The van der Waals surface area contributed by atoms with Gasteiger partial charge in [0, 0.05) is 31.9 Å². The van der Waals surface area contributed by atoms with E-state index in [9.17, 15) is 9.18 Å². The van der Waals surface area contributed by atoms with Gasteiger partial charge < -0.3 is 26.4 Å². The molecule has 3 unspecified atom stereocenters. The third-order valence-electron chi connectivity index (χ3n) is 6.66. The first kappa shape index (κ1) is 22.9. The molecule has 180 valence electrons. The summed E-state index contributed by atoms with van der Waals surface area (Å²) in [6, 6.07) is 1.22. The number of nitrogens with one attached hydrogen (secondary N) is 1. The van der Waals surface area contributed by atoms with Crippen LogP contribution in [0.3, 0.4) is 0 Å². The van der Waals surface area contributed by atoms with E-state index in [2.05, 4.69) is 20.3 Å². The maximum atomic E-state index is 15.0. The fraction of sp³-hybridized carbons (Fsp3) is 0.478. The van der Waals surface area contributed by atoms with Crippen molar-refractivity contribution in [3.05, 3.63) is 39.5 Å². The van der Waals surface area contributed by atoms with Crippen molar-refractivity contribution in [2.75, 3.05) is 30.8 Å². The van der Waals surface area contributed by atoms with Crippen LogP contribution in [0.1, 0.15) is 38.9 Å². The van der Waals surface area contributed by atoms with Gasteiger partial charge in [0.25, 0.3) is 5.91 Å². The van der Waals surface area contributed by atoms with E-state index in [-0.39, 0.29) is 29.9 Å². The molecule has 1 saturated heterocycles. The van der Waals surface area contributed by atoms with Crippen molar-refractivity contribution in [2.24, 2.45) is 5.73 Å². The zero-order valence-corrected chi connectivity index (χ0v) is 20.2. The number of halogens is 1. The van der Waals surface area contributed by atoms with Crippen LogP contribution in [-0.2, 0) is 17.6 Å². The second-order valence-corrected chi connectivity index (χ2v) is 10.0. The molecule has 3 aromatic heterocycles. The zero-order valence-electron chi connectivity index (χ0n) is 19.4. The Morgan fingerprint density at radius 1 is 1.29 bits per heavy atom. The minimum absolute atomic E-state index is 0.135. The summed E-state index contributed by atoms with van der Waals surface area (Å²) >= 11 is 1.27. The van der Waals surface area contributed by atoms with Gasteiger partial charge in [0.05, 0.1) is 28.9 Å². The molecule has 0 radical (unpaired) electrons. The number of anilines is 2. The lowest BCUT2D eigenvalue weighted by molar-refractivity contribution is 0.0938. The van der Waals surface area contributed by atoms with Crippen molar-refractivity contribution < 1.29 is 13.9 Å². The molecule has 2 aliphatic rings. The Kier molecular flexibility index (Phi) is 5.86. The van der Waals surface area contributed by atoms with Crippen molar-refractivity contribution in [2.45, 2.75) is 51.3 Å². The SMILES string of the molecule is COC1CN(c2nc3c(cc2F)CC(NC(=O)c2sc4nc(C)nc(C)c4c2N)CC3)CC1N. The number of rotatable bonds is 4. The number of pyridine rings is 1. The molecule has 5 N–H and O–H groups in total. The Morgan fingerprint density at radius 3 is 2.82 bits per heavy atom. The van der Waals surface area contributed by atoms with E-state index in [4.69, 9.17) is 16.2 Å². The number of carbonyl (C=O) groups excluding carboxylic acids is 1. The molecule has 0 spiro atoms. The van der Waals surface area contributed by atoms with Crippen molar-refractivity contribution >= 4 is 39.0 Å². The van der Waals surface area contributed by atoms with Gasteiger partial charge in [-0.3, -0.25) is 4.79 Å². The number of nitrogens with two attached hydrogens (primary N) is 2. The van der Waals surface area contributed by atoms with Gasteiger partial charge in [-0.25, -0.2) is 19.3 Å². The Balaban J connectivity index is 1.32. The van der Waals surface area contributed by atoms with Crippen molar-refractivity contribution in [1.82, 2.24) is 20.3 Å². The highest BCUT2D eigenvalue weighted by Gasteiger charge is 2.33. The summed E-state index contributed by atoms with van der Waals surface area (Å²) in [6.07, 6.45) is 1.72. The van der Waals surface area contributed by atoms with Crippen LogP contribution in [-0.4, -0.2) is 59.2 Å². The molecule has 1 fully saturated rings. The molecule has 5 rings (SSSR count). The van der Waals surface area contributed by atoms with Gasteiger partial charge in [0.2, 0.25) is 0 Å². The molecule has 0 saturated carbocycles. The third-order valence-corrected chi connectivity index (χ3v) is 7.75. The zero-order chi connectivity index (χ0) is 24.1. The third kappa shape index (κ3) is 3.97. The lowest BCUT2D eigenvalue weighted by atomic mass is 9.91. The van der Waals surface area contributed by atoms with Crippen LogP contribution >= 0.6 is 11.3 Å². The molecule has 11 heteroatoms. The summed E-state index contributed by atoms with van der Waals surface area (Å²) in [7, 11) is 1.61. The lowest BCUT2D eigenvalue weighted by Crippen LogP contribution is -2.39. The number of hydrogen-bond donors (Lipinski definition) is 3. The van der Waals surface area contributed by atoms with E-state index in [1.807, 2.05) is 18.7 Å². The number of ether oxygens (including phenoxy) is 1. The maximum Gasteiger partial charge on any atom is 0.263 e. The van der Waals surface area contributed by atoms with Gasteiger partial charge in [0.15, 0.2) is 11.6 Å². The molecule has 9 nitrogen and oxygen atoms in total. The number of carbonyl (C=O) groups is 1. The summed E-state index contributed by atoms with van der Waals surface area (Å²) in [5, 5.41) is 3.80. The molecule has 0 bridgehead atoms. The monoisotopic (exact) mass is 485 g/mol. The molecule has 1 amide bonds. The van der Waals surface area contributed by atoms with Gasteiger partial charge >= 0.3 is 0 Å². The average Bonchev–Trinajstić information content (AvgIpc) is 3.32. The van der Waals surface area contributed by atoms with Gasteiger partial charge in [-0.15, -0.1) is 11.3 Å². The Hall–Kier alpha value is -2.89. The van der Waals surface area contributed by atoms with Crippen LogP contribution in [0.2, 0.25) is 0 Å². The minimum Gasteiger partial charge on any atom is -0.397 e. The number of hydrogen-bond acceptors (Lipinski definition) is 9. The molecular formula is C23H28FN7O2S. The number of amides is 1. The Bertz CT molecular complexity index is 1280. The first-order chi connectivity index (χ1) is 16.2. The second kappa shape index (κ2) is 8.71. The number of fused-ring (bicyclic) bond motifs is 2. The van der Waals surface area contributed by atoms with Crippen molar-refractivity contribution in [3.63, 3.8) is 0 Å². The number of nitrogen functional groups attached to an aromatic ring is 1. The number of methoxy groups -OCH3 is 1. The molecule has 34 heavy (non-hydrogen) atoms. The van der Waals surface area contributed by atoms with Crippen LogP contribution in [0.15, 0.2) is 6.07 Å². The minimum atomic E-state index is -0.382. The molecule has 3 atom stereocenters.